The van der Waals surface area contributed by atoms with Crippen molar-refractivity contribution in [2.75, 3.05) is 40.1 Å². The Bertz CT molecular complexity index is 1090. The smallest absolute Gasteiger partial charge is 0.323 e. The van der Waals surface area contributed by atoms with Crippen molar-refractivity contribution >= 4 is 23.7 Å². The summed E-state index contributed by atoms with van der Waals surface area (Å²) < 4.78 is 27.2. The molecule has 0 amide bonds. The fourth-order valence-corrected chi connectivity index (χ4v) is 10.3. The Labute approximate surface area is 257 Å². The molecule has 0 saturated heterocycles. The van der Waals surface area contributed by atoms with Crippen LogP contribution in [0.3, 0.4) is 0 Å². The van der Waals surface area contributed by atoms with Gasteiger partial charge in [-0.25, -0.2) is 0 Å². The molecule has 0 heterocycles. The average Bonchev–Trinajstić information content (AvgIpc) is 2.92. The van der Waals surface area contributed by atoms with Crippen molar-refractivity contribution in [1.82, 2.24) is 0 Å². The van der Waals surface area contributed by atoms with E-state index < -0.39 is 17.4 Å². The molecule has 0 aromatic heterocycles. The molecule has 0 aliphatic heterocycles. The largest absolute Gasteiger partial charge is 0.464 e. The van der Waals surface area contributed by atoms with Crippen LogP contribution in [0.2, 0.25) is 0 Å². The topological polar surface area (TPSA) is 114 Å². The molecule has 0 aromatic carbocycles. The van der Waals surface area contributed by atoms with Crippen LogP contribution in [0.1, 0.15) is 99.8 Å². The van der Waals surface area contributed by atoms with Gasteiger partial charge in [-0.3, -0.25) is 19.2 Å². The number of methoxy groups -OCH3 is 1. The molecule has 9 heteroatoms. The fourth-order valence-electron chi connectivity index (χ4n) is 10.3. The van der Waals surface area contributed by atoms with E-state index in [-0.39, 0.29) is 71.7 Å². The van der Waals surface area contributed by atoms with Crippen LogP contribution >= 0.6 is 0 Å². The maximum atomic E-state index is 14.6. The van der Waals surface area contributed by atoms with Crippen molar-refractivity contribution in [2.45, 2.75) is 106 Å². The van der Waals surface area contributed by atoms with E-state index in [1.807, 2.05) is 0 Å². The van der Waals surface area contributed by atoms with E-state index in [0.29, 0.717) is 37.9 Å². The van der Waals surface area contributed by atoms with Gasteiger partial charge >= 0.3 is 17.9 Å². The number of carbonyl (C=O) groups is 4. The van der Waals surface area contributed by atoms with Gasteiger partial charge in [0.25, 0.3) is 0 Å². The highest BCUT2D eigenvalue weighted by Gasteiger charge is 2.71. The van der Waals surface area contributed by atoms with Gasteiger partial charge in [0.15, 0.2) is 11.2 Å². The van der Waals surface area contributed by atoms with E-state index in [9.17, 15) is 19.2 Å². The molecule has 0 N–H and O–H groups in total. The van der Waals surface area contributed by atoms with Gasteiger partial charge in [-0.1, -0.05) is 34.6 Å². The molecule has 244 valence electrons. The van der Waals surface area contributed by atoms with E-state index in [0.717, 1.165) is 32.1 Å². The SMILES string of the molecule is COCCOCCOC(=O)[C@]1(COC(C)=O)CC[C@]2(C)[C@H](CC[C@@H]3[C@@]4(C)CC[C@H](OC(C)=O)C(C)(C)[C@@H]4CC[C@]32C)C1=O. The zero-order chi connectivity index (χ0) is 31.8. The molecule has 4 fully saturated rings. The van der Waals surface area contributed by atoms with Crippen LogP contribution in [0, 0.1) is 44.8 Å². The first-order valence-corrected chi connectivity index (χ1v) is 16.2. The summed E-state index contributed by atoms with van der Waals surface area (Å²) in [5, 5.41) is 0. The van der Waals surface area contributed by atoms with Gasteiger partial charge in [-0.15, -0.1) is 0 Å². The Morgan fingerprint density at radius 3 is 2.09 bits per heavy atom. The number of ether oxygens (including phenoxy) is 5. The van der Waals surface area contributed by atoms with Crippen molar-refractivity contribution in [3.8, 4) is 0 Å². The van der Waals surface area contributed by atoms with Crippen molar-refractivity contribution in [1.29, 1.82) is 0 Å². The van der Waals surface area contributed by atoms with Crippen molar-refractivity contribution in [2.24, 2.45) is 44.8 Å². The second-order valence-electron chi connectivity index (χ2n) is 15.0. The zero-order valence-electron chi connectivity index (χ0n) is 27.7. The van der Waals surface area contributed by atoms with Gasteiger partial charge in [-0.05, 0) is 79.4 Å². The molecule has 9 nitrogen and oxygen atoms in total. The first kappa shape index (κ1) is 33.9. The van der Waals surface area contributed by atoms with Gasteiger partial charge in [0.05, 0.1) is 19.8 Å². The highest BCUT2D eigenvalue weighted by molar-refractivity contribution is 6.06. The first-order chi connectivity index (χ1) is 20.1. The minimum atomic E-state index is -1.50. The summed E-state index contributed by atoms with van der Waals surface area (Å²) in [6, 6.07) is 0. The summed E-state index contributed by atoms with van der Waals surface area (Å²) in [6.45, 7) is 15.2. The van der Waals surface area contributed by atoms with Gasteiger partial charge in [0.2, 0.25) is 0 Å². The van der Waals surface area contributed by atoms with Crippen LogP contribution in [0.15, 0.2) is 0 Å². The maximum Gasteiger partial charge on any atom is 0.323 e. The lowest BCUT2D eigenvalue weighted by Crippen LogP contribution is -2.68. The Morgan fingerprint density at radius 2 is 1.44 bits per heavy atom. The van der Waals surface area contributed by atoms with Crippen molar-refractivity contribution < 1.29 is 42.9 Å². The molecule has 0 spiro atoms. The highest BCUT2D eigenvalue weighted by atomic mass is 16.6. The van der Waals surface area contributed by atoms with E-state index in [2.05, 4.69) is 34.6 Å². The predicted molar refractivity (Wildman–Crippen MR) is 159 cm³/mol. The Balaban J connectivity index is 1.58. The lowest BCUT2D eigenvalue weighted by atomic mass is 9.33. The molecule has 0 radical (unpaired) electrons. The number of rotatable bonds is 10. The summed E-state index contributed by atoms with van der Waals surface area (Å²) in [4.78, 5) is 52.0. The monoisotopic (exact) mass is 606 g/mol. The molecular weight excluding hydrogens is 552 g/mol. The van der Waals surface area contributed by atoms with Gasteiger partial charge in [0, 0.05) is 32.3 Å². The molecule has 43 heavy (non-hydrogen) atoms. The predicted octanol–water partition coefficient (Wildman–Crippen LogP) is 5.31. The van der Waals surface area contributed by atoms with E-state index in [1.54, 1.807) is 7.11 Å². The first-order valence-electron chi connectivity index (χ1n) is 16.2. The number of carbonyl (C=O) groups excluding carboxylic acids is 4. The lowest BCUT2D eigenvalue weighted by molar-refractivity contribution is -0.237. The van der Waals surface area contributed by atoms with Crippen LogP contribution in [0.25, 0.3) is 0 Å². The molecule has 4 aliphatic carbocycles. The number of ketones is 1. The normalized spacial score (nSPS) is 40.0. The number of hydrogen-bond acceptors (Lipinski definition) is 9. The Morgan fingerprint density at radius 1 is 0.744 bits per heavy atom. The quantitative estimate of drug-likeness (QED) is 0.141. The van der Waals surface area contributed by atoms with Crippen LogP contribution < -0.4 is 0 Å². The van der Waals surface area contributed by atoms with E-state index in [4.69, 9.17) is 23.7 Å². The summed E-state index contributed by atoms with van der Waals surface area (Å²) in [7, 11) is 1.58. The average molecular weight is 607 g/mol. The maximum absolute atomic E-state index is 14.6. The zero-order valence-corrected chi connectivity index (χ0v) is 27.7. The summed E-state index contributed by atoms with van der Waals surface area (Å²) >= 11 is 0. The Kier molecular flexibility index (Phi) is 9.78. The summed E-state index contributed by atoms with van der Waals surface area (Å²) in [6.07, 6.45) is 6.30. The van der Waals surface area contributed by atoms with Crippen LogP contribution in [0.4, 0.5) is 0 Å². The molecule has 4 rings (SSSR count). The van der Waals surface area contributed by atoms with E-state index in [1.165, 1.54) is 13.8 Å². The molecule has 4 aliphatic rings. The highest BCUT2D eigenvalue weighted by Crippen LogP contribution is 2.74. The van der Waals surface area contributed by atoms with Crippen LogP contribution in [0.5, 0.6) is 0 Å². The number of hydrogen-bond donors (Lipinski definition) is 0. The molecule has 0 bridgehead atoms. The Hall–Kier alpha value is -2.00. The van der Waals surface area contributed by atoms with Crippen molar-refractivity contribution in [3.05, 3.63) is 0 Å². The third-order valence-corrected chi connectivity index (χ3v) is 12.8. The second kappa shape index (κ2) is 12.4. The second-order valence-corrected chi connectivity index (χ2v) is 15.0. The third kappa shape index (κ3) is 5.66. The standard InChI is InChI=1S/C34H54O9/c1-22(35)42-21-34(29(38)41-20-19-40-18-17-39-8)16-15-32(6)24(28(34)37)9-10-26-31(5)13-12-27(43-23(2)36)30(3,4)25(31)11-14-33(26,32)7/h24-27H,9-21H2,1-8H3/t24-,25+,26-,27+,31+,32-,33-,34+/m1/s1. The number of fused-ring (bicyclic) bond motifs is 5. The molecular formula is C34H54O9. The molecule has 4 saturated carbocycles. The lowest BCUT2D eigenvalue weighted by Gasteiger charge is -2.71. The fraction of sp³-hybridized carbons (Fsp3) is 0.882. The van der Waals surface area contributed by atoms with Gasteiger partial charge in [0.1, 0.15) is 19.3 Å². The van der Waals surface area contributed by atoms with Crippen molar-refractivity contribution in [3.63, 3.8) is 0 Å². The van der Waals surface area contributed by atoms with Gasteiger partial charge in [-0.2, -0.15) is 0 Å². The van der Waals surface area contributed by atoms with Gasteiger partial charge < -0.3 is 23.7 Å². The molecule has 0 unspecified atom stereocenters. The minimum Gasteiger partial charge on any atom is -0.464 e. The van der Waals surface area contributed by atoms with E-state index >= 15 is 0 Å². The molecule has 8 atom stereocenters. The summed E-state index contributed by atoms with van der Waals surface area (Å²) in [5.41, 5.74) is -2.00. The minimum absolute atomic E-state index is 0.0171. The number of esters is 3. The summed E-state index contributed by atoms with van der Waals surface area (Å²) in [5.74, 6) is -1.02. The van der Waals surface area contributed by atoms with Crippen LogP contribution in [-0.2, 0) is 42.9 Å². The molecule has 0 aromatic rings. The number of Topliss-reactive ketones (excluding diaryl/α,β-unsaturated/α-hetero) is 1. The van der Waals surface area contributed by atoms with Crippen LogP contribution in [-0.4, -0.2) is 69.9 Å². The third-order valence-electron chi connectivity index (χ3n) is 12.8.